The standard InChI is InChI=1S/C15H13N3O3S/c1-8-7-16-15(22-8)17-12(19)9(2)18-13(20)10-5-3-4-6-11(10)14(18)21/h3-7,9H,1-2H3,(H,16,17,19). The van der Waals surface area contributed by atoms with Crippen LogP contribution in [0.4, 0.5) is 5.13 Å². The van der Waals surface area contributed by atoms with Crippen molar-refractivity contribution in [1.29, 1.82) is 0 Å². The first kappa shape index (κ1) is 14.4. The molecule has 7 heteroatoms. The first-order valence-electron chi connectivity index (χ1n) is 6.69. The van der Waals surface area contributed by atoms with Crippen LogP contribution in [0.3, 0.4) is 0 Å². The Morgan fingerprint density at radius 3 is 2.32 bits per heavy atom. The molecule has 1 N–H and O–H groups in total. The van der Waals surface area contributed by atoms with Crippen LogP contribution in [0.25, 0.3) is 0 Å². The molecule has 1 aromatic heterocycles. The monoisotopic (exact) mass is 315 g/mol. The Labute approximate surface area is 130 Å². The van der Waals surface area contributed by atoms with Gasteiger partial charge in [-0.25, -0.2) is 4.98 Å². The number of anilines is 1. The van der Waals surface area contributed by atoms with Gasteiger partial charge in [0.25, 0.3) is 11.8 Å². The van der Waals surface area contributed by atoms with Crippen molar-refractivity contribution in [2.75, 3.05) is 5.32 Å². The molecule has 1 aromatic carbocycles. The Kier molecular flexibility index (Phi) is 3.50. The Balaban J connectivity index is 1.81. The molecule has 3 rings (SSSR count). The molecule has 1 atom stereocenters. The Hall–Kier alpha value is -2.54. The first-order valence-corrected chi connectivity index (χ1v) is 7.51. The summed E-state index contributed by atoms with van der Waals surface area (Å²) in [6.45, 7) is 3.40. The number of carbonyl (C=O) groups excluding carboxylic acids is 3. The molecule has 1 aliphatic rings. The van der Waals surface area contributed by atoms with Gasteiger partial charge >= 0.3 is 0 Å². The molecule has 22 heavy (non-hydrogen) atoms. The number of hydrogen-bond donors (Lipinski definition) is 1. The smallest absolute Gasteiger partial charge is 0.262 e. The molecule has 112 valence electrons. The van der Waals surface area contributed by atoms with Crippen molar-refractivity contribution in [3.05, 3.63) is 46.5 Å². The number of aromatic nitrogens is 1. The number of nitrogens with zero attached hydrogens (tertiary/aromatic N) is 2. The minimum Gasteiger partial charge on any atom is -0.300 e. The fourth-order valence-corrected chi connectivity index (χ4v) is 2.97. The Morgan fingerprint density at radius 2 is 1.82 bits per heavy atom. The molecule has 0 spiro atoms. The van der Waals surface area contributed by atoms with Crippen molar-refractivity contribution < 1.29 is 14.4 Å². The summed E-state index contributed by atoms with van der Waals surface area (Å²) in [7, 11) is 0. The number of thiazole rings is 1. The van der Waals surface area contributed by atoms with Gasteiger partial charge in [0.1, 0.15) is 6.04 Å². The van der Waals surface area contributed by atoms with E-state index in [-0.39, 0.29) is 0 Å². The van der Waals surface area contributed by atoms with Crippen LogP contribution in [0.15, 0.2) is 30.5 Å². The van der Waals surface area contributed by atoms with E-state index >= 15 is 0 Å². The van der Waals surface area contributed by atoms with Crippen molar-refractivity contribution >= 4 is 34.2 Å². The molecular weight excluding hydrogens is 302 g/mol. The third-order valence-electron chi connectivity index (χ3n) is 3.44. The topological polar surface area (TPSA) is 79.4 Å². The van der Waals surface area contributed by atoms with Gasteiger partial charge in [0.15, 0.2) is 5.13 Å². The SMILES string of the molecule is Cc1cnc(NC(=O)C(C)N2C(=O)c3ccccc3C2=O)s1. The van der Waals surface area contributed by atoms with Crippen molar-refractivity contribution in [3.8, 4) is 0 Å². The lowest BCUT2D eigenvalue weighted by atomic mass is 10.1. The fraction of sp³-hybridized carbons (Fsp3) is 0.200. The van der Waals surface area contributed by atoms with E-state index in [1.165, 1.54) is 18.3 Å². The molecule has 6 nitrogen and oxygen atoms in total. The van der Waals surface area contributed by atoms with Gasteiger partial charge < -0.3 is 5.32 Å². The van der Waals surface area contributed by atoms with Gasteiger partial charge in [0.2, 0.25) is 5.91 Å². The number of amides is 3. The van der Waals surface area contributed by atoms with E-state index in [1.54, 1.807) is 30.5 Å². The predicted octanol–water partition coefficient (Wildman–Crippen LogP) is 2.07. The van der Waals surface area contributed by atoms with E-state index in [0.29, 0.717) is 16.3 Å². The van der Waals surface area contributed by atoms with Crippen LogP contribution in [0.2, 0.25) is 0 Å². The zero-order valence-electron chi connectivity index (χ0n) is 12.0. The number of fused-ring (bicyclic) bond motifs is 1. The van der Waals surface area contributed by atoms with Crippen molar-refractivity contribution in [2.24, 2.45) is 0 Å². The summed E-state index contributed by atoms with van der Waals surface area (Å²) in [5.74, 6) is -1.33. The largest absolute Gasteiger partial charge is 0.300 e. The van der Waals surface area contributed by atoms with Crippen LogP contribution < -0.4 is 5.32 Å². The van der Waals surface area contributed by atoms with Crippen LogP contribution in [-0.4, -0.2) is 33.6 Å². The maximum atomic E-state index is 12.3. The van der Waals surface area contributed by atoms with Gasteiger partial charge in [-0.2, -0.15) is 0 Å². The van der Waals surface area contributed by atoms with E-state index in [2.05, 4.69) is 10.3 Å². The lowest BCUT2D eigenvalue weighted by Gasteiger charge is -2.21. The quantitative estimate of drug-likeness (QED) is 0.879. The summed E-state index contributed by atoms with van der Waals surface area (Å²) in [6.07, 6.45) is 1.65. The van der Waals surface area contributed by atoms with Crippen LogP contribution in [-0.2, 0) is 4.79 Å². The van der Waals surface area contributed by atoms with Crippen LogP contribution >= 0.6 is 11.3 Å². The van der Waals surface area contributed by atoms with Crippen LogP contribution in [0.5, 0.6) is 0 Å². The number of hydrogen-bond acceptors (Lipinski definition) is 5. The molecule has 0 bridgehead atoms. The van der Waals surface area contributed by atoms with Gasteiger partial charge in [-0.1, -0.05) is 12.1 Å². The molecular formula is C15H13N3O3S. The third-order valence-corrected chi connectivity index (χ3v) is 4.27. The van der Waals surface area contributed by atoms with Crippen LogP contribution in [0.1, 0.15) is 32.5 Å². The first-order chi connectivity index (χ1) is 10.5. The van der Waals surface area contributed by atoms with Crippen molar-refractivity contribution in [3.63, 3.8) is 0 Å². The number of carbonyl (C=O) groups is 3. The molecule has 0 saturated heterocycles. The summed E-state index contributed by atoms with van der Waals surface area (Å²) < 4.78 is 0. The number of aryl methyl sites for hydroxylation is 1. The molecule has 0 fully saturated rings. The van der Waals surface area contributed by atoms with Gasteiger partial charge in [0, 0.05) is 11.1 Å². The highest BCUT2D eigenvalue weighted by atomic mass is 32.1. The lowest BCUT2D eigenvalue weighted by molar-refractivity contribution is -0.119. The van der Waals surface area contributed by atoms with Crippen LogP contribution in [0, 0.1) is 6.92 Å². The number of rotatable bonds is 3. The minimum atomic E-state index is -0.906. The molecule has 0 aliphatic carbocycles. The molecule has 1 aliphatic heterocycles. The van der Waals surface area contributed by atoms with E-state index < -0.39 is 23.8 Å². The second kappa shape index (κ2) is 5.34. The summed E-state index contributed by atoms with van der Waals surface area (Å²) in [5, 5.41) is 3.08. The molecule has 0 radical (unpaired) electrons. The zero-order chi connectivity index (χ0) is 15.9. The third kappa shape index (κ3) is 2.29. The highest BCUT2D eigenvalue weighted by Crippen LogP contribution is 2.25. The molecule has 1 unspecified atom stereocenters. The molecule has 2 heterocycles. The van der Waals surface area contributed by atoms with Crippen molar-refractivity contribution in [1.82, 2.24) is 9.88 Å². The summed E-state index contributed by atoms with van der Waals surface area (Å²) in [5.41, 5.74) is 0.662. The average molecular weight is 315 g/mol. The molecule has 2 aromatic rings. The highest BCUT2D eigenvalue weighted by molar-refractivity contribution is 7.15. The second-order valence-electron chi connectivity index (χ2n) is 4.97. The predicted molar refractivity (Wildman–Crippen MR) is 81.9 cm³/mol. The highest BCUT2D eigenvalue weighted by Gasteiger charge is 2.40. The Morgan fingerprint density at radius 1 is 1.23 bits per heavy atom. The number of benzene rings is 1. The van der Waals surface area contributed by atoms with Gasteiger partial charge in [-0.15, -0.1) is 11.3 Å². The van der Waals surface area contributed by atoms with E-state index in [1.807, 2.05) is 6.92 Å². The van der Waals surface area contributed by atoms with E-state index in [4.69, 9.17) is 0 Å². The van der Waals surface area contributed by atoms with E-state index in [9.17, 15) is 14.4 Å². The number of nitrogens with one attached hydrogen (secondary N) is 1. The second-order valence-corrected chi connectivity index (χ2v) is 6.20. The number of imide groups is 1. The molecule has 3 amide bonds. The fourth-order valence-electron chi connectivity index (χ4n) is 2.30. The summed E-state index contributed by atoms with van der Waals surface area (Å²) in [6, 6.07) is 5.65. The molecule has 0 saturated carbocycles. The van der Waals surface area contributed by atoms with E-state index in [0.717, 1.165) is 9.78 Å². The maximum absolute atomic E-state index is 12.3. The zero-order valence-corrected chi connectivity index (χ0v) is 12.8. The van der Waals surface area contributed by atoms with Gasteiger partial charge in [-0.05, 0) is 26.0 Å². The normalized spacial score (nSPS) is 14.9. The Bertz CT molecular complexity index is 749. The van der Waals surface area contributed by atoms with Crippen molar-refractivity contribution in [2.45, 2.75) is 19.9 Å². The lowest BCUT2D eigenvalue weighted by Crippen LogP contribution is -2.45. The summed E-state index contributed by atoms with van der Waals surface area (Å²) >= 11 is 1.33. The van der Waals surface area contributed by atoms with Gasteiger partial charge in [-0.3, -0.25) is 19.3 Å². The maximum Gasteiger partial charge on any atom is 0.262 e. The average Bonchev–Trinajstić information content (AvgIpc) is 3.01. The summed E-state index contributed by atoms with van der Waals surface area (Å²) in [4.78, 5) is 42.9. The van der Waals surface area contributed by atoms with Gasteiger partial charge in [0.05, 0.1) is 11.1 Å². The minimum absolute atomic E-state index is 0.331.